The molecule has 2 aliphatic heterocycles. The Morgan fingerprint density at radius 1 is 1.02 bits per heavy atom. The molecule has 224 valence electrons. The molecule has 0 radical (unpaired) electrons. The van der Waals surface area contributed by atoms with E-state index in [1.54, 1.807) is 0 Å². The molecule has 0 bridgehead atoms. The van der Waals surface area contributed by atoms with Crippen LogP contribution in [0.3, 0.4) is 0 Å². The lowest BCUT2D eigenvalue weighted by Crippen LogP contribution is -2.40. The van der Waals surface area contributed by atoms with Gasteiger partial charge in [0.2, 0.25) is 5.91 Å². The maximum absolute atomic E-state index is 13.3. The summed E-state index contributed by atoms with van der Waals surface area (Å²) in [5.41, 5.74) is 11.9. The Morgan fingerprint density at radius 3 is 2.40 bits per heavy atom. The van der Waals surface area contributed by atoms with Crippen molar-refractivity contribution in [3.8, 4) is 11.1 Å². The Balaban J connectivity index is 1.53. The number of hydrogen-bond acceptors (Lipinski definition) is 7. The van der Waals surface area contributed by atoms with Crippen LogP contribution in [-0.4, -0.2) is 94.8 Å². The highest BCUT2D eigenvalue weighted by Crippen LogP contribution is 2.33. The number of carbonyl (C=O) groups excluding carboxylic acids is 2. The topological polar surface area (TPSA) is 99.3 Å². The summed E-state index contributed by atoms with van der Waals surface area (Å²) in [7, 11) is 1.35. The van der Waals surface area contributed by atoms with Gasteiger partial charge < -0.3 is 15.5 Å². The Kier molecular flexibility index (Phi) is 11.3. The van der Waals surface area contributed by atoms with Crippen LogP contribution in [0.5, 0.6) is 0 Å². The van der Waals surface area contributed by atoms with Crippen LogP contribution in [0, 0.1) is 0 Å². The Labute approximate surface area is 252 Å². The van der Waals surface area contributed by atoms with Crippen LogP contribution in [0.1, 0.15) is 54.6 Å². The number of amidine groups is 1. The minimum absolute atomic E-state index is 0.0204. The van der Waals surface area contributed by atoms with Crippen LogP contribution in [-0.2, 0) is 15.6 Å². The lowest BCUT2D eigenvalue weighted by atomic mass is 9.97. The van der Waals surface area contributed by atoms with Gasteiger partial charge in [-0.05, 0) is 60.0 Å². The molecule has 2 aromatic carbocycles. The van der Waals surface area contributed by atoms with E-state index in [9.17, 15) is 13.8 Å². The van der Waals surface area contributed by atoms with Crippen molar-refractivity contribution in [3.63, 3.8) is 0 Å². The quantitative estimate of drug-likeness (QED) is 0.365. The average molecular weight is 590 g/mol. The highest BCUT2D eigenvalue weighted by Gasteiger charge is 2.21. The van der Waals surface area contributed by atoms with Gasteiger partial charge in [-0.1, -0.05) is 38.1 Å². The molecule has 1 saturated heterocycles. The van der Waals surface area contributed by atoms with Crippen molar-refractivity contribution in [3.05, 3.63) is 64.9 Å². The van der Waals surface area contributed by atoms with Crippen molar-refractivity contribution in [1.82, 2.24) is 14.7 Å². The Morgan fingerprint density at radius 2 is 1.71 bits per heavy atom. The van der Waals surface area contributed by atoms with E-state index >= 15 is 0 Å². The zero-order valence-electron chi connectivity index (χ0n) is 25.1. The molecule has 0 saturated carbocycles. The molecule has 0 unspecified atom stereocenters. The minimum atomic E-state index is -0.670. The third kappa shape index (κ3) is 8.26. The van der Waals surface area contributed by atoms with Gasteiger partial charge in [-0.2, -0.15) is 0 Å². The zero-order chi connectivity index (χ0) is 30.1. The van der Waals surface area contributed by atoms with Crippen LogP contribution in [0.2, 0.25) is 0 Å². The number of rotatable bonds is 12. The molecule has 42 heavy (non-hydrogen) atoms. The number of hydrogen-bond donors (Lipinski definition) is 1. The Bertz CT molecular complexity index is 1380. The normalized spacial score (nSPS) is 16.0. The van der Waals surface area contributed by atoms with Crippen molar-refractivity contribution >= 4 is 46.7 Å². The van der Waals surface area contributed by atoms with Gasteiger partial charge >= 0.3 is 0 Å². The van der Waals surface area contributed by atoms with E-state index in [4.69, 9.17) is 5.73 Å². The summed E-state index contributed by atoms with van der Waals surface area (Å²) in [5, 5.41) is 0. The number of aldehydes is 1. The lowest BCUT2D eigenvalue weighted by Gasteiger charge is -2.27. The SMILES string of the molecule is CCCN(CCC)C(=O)C1=Cc2ccc(-c3ccc(C=O)c(/C=C\N(C)CCN4CCS(=O)CC4)c3)cc2N=C(N)C1. The number of benzene rings is 2. The van der Waals surface area contributed by atoms with E-state index < -0.39 is 10.8 Å². The zero-order valence-corrected chi connectivity index (χ0v) is 25.9. The van der Waals surface area contributed by atoms with Crippen molar-refractivity contribution < 1.29 is 13.8 Å². The molecule has 2 heterocycles. The smallest absolute Gasteiger partial charge is 0.250 e. The van der Waals surface area contributed by atoms with Crippen LogP contribution in [0.25, 0.3) is 23.3 Å². The van der Waals surface area contributed by atoms with Crippen molar-refractivity contribution in [2.45, 2.75) is 33.1 Å². The highest BCUT2D eigenvalue weighted by molar-refractivity contribution is 7.85. The molecule has 9 heteroatoms. The summed E-state index contributed by atoms with van der Waals surface area (Å²) in [6.45, 7) is 9.10. The van der Waals surface area contributed by atoms with Crippen LogP contribution in [0.4, 0.5) is 5.69 Å². The molecule has 4 rings (SSSR count). The second-order valence-corrected chi connectivity index (χ2v) is 12.7. The van der Waals surface area contributed by atoms with E-state index in [1.807, 2.05) is 66.7 Å². The predicted molar refractivity (Wildman–Crippen MR) is 174 cm³/mol. The lowest BCUT2D eigenvalue weighted by molar-refractivity contribution is -0.127. The maximum atomic E-state index is 13.3. The average Bonchev–Trinajstić information content (AvgIpc) is 3.16. The molecule has 8 nitrogen and oxygen atoms in total. The van der Waals surface area contributed by atoms with E-state index in [1.165, 1.54) is 0 Å². The molecule has 2 aromatic rings. The molecule has 0 aliphatic carbocycles. The van der Waals surface area contributed by atoms with E-state index in [2.05, 4.69) is 28.6 Å². The second-order valence-electron chi connectivity index (χ2n) is 11.0. The molecule has 2 N–H and O–H groups in total. The van der Waals surface area contributed by atoms with Crippen molar-refractivity contribution in [2.24, 2.45) is 10.7 Å². The standard InChI is InChI=1S/C33H43N5O3S/c1-4-11-38(12-5-2)33(40)30-21-28-8-6-26(22-31(28)35-32(34)23-30)25-7-9-29(24-39)27(20-25)10-13-36(3)14-15-37-16-18-42(41)19-17-37/h6-10,13,20-22,24H,4-5,11-12,14-19,23H2,1-3H3,(H2,34,35)/b13-10-. The van der Waals surface area contributed by atoms with Gasteiger partial charge in [-0.25, -0.2) is 4.99 Å². The summed E-state index contributed by atoms with van der Waals surface area (Å²) >= 11 is 0. The highest BCUT2D eigenvalue weighted by atomic mass is 32.2. The summed E-state index contributed by atoms with van der Waals surface area (Å²) in [5.74, 6) is 1.94. The minimum Gasteiger partial charge on any atom is -0.387 e. The fraction of sp³-hybridized carbons (Fsp3) is 0.424. The first-order valence-electron chi connectivity index (χ1n) is 14.8. The predicted octanol–water partition coefficient (Wildman–Crippen LogP) is 4.56. The number of aliphatic imine (C=N–C) groups is 1. The van der Waals surface area contributed by atoms with Crippen LogP contribution >= 0.6 is 0 Å². The summed E-state index contributed by atoms with van der Waals surface area (Å²) in [6.07, 6.45) is 8.90. The fourth-order valence-electron chi connectivity index (χ4n) is 5.25. The van der Waals surface area contributed by atoms with Gasteiger partial charge in [0.1, 0.15) is 5.84 Å². The molecular weight excluding hydrogens is 546 g/mol. The monoisotopic (exact) mass is 589 g/mol. The molecule has 0 aromatic heterocycles. The van der Waals surface area contributed by atoms with E-state index in [0.29, 0.717) is 23.4 Å². The first-order valence-corrected chi connectivity index (χ1v) is 16.3. The number of nitrogens with two attached hydrogens (primary N) is 1. The van der Waals surface area contributed by atoms with Crippen LogP contribution in [0.15, 0.2) is 53.2 Å². The third-order valence-electron chi connectivity index (χ3n) is 7.64. The van der Waals surface area contributed by atoms with Crippen LogP contribution < -0.4 is 5.73 Å². The van der Waals surface area contributed by atoms with Gasteiger partial charge in [-0.3, -0.25) is 18.7 Å². The summed E-state index contributed by atoms with van der Waals surface area (Å²) < 4.78 is 11.6. The van der Waals surface area contributed by atoms with Gasteiger partial charge in [0.15, 0.2) is 6.29 Å². The largest absolute Gasteiger partial charge is 0.387 e. The number of amides is 1. The summed E-state index contributed by atoms with van der Waals surface area (Å²) in [4.78, 5) is 36.1. The third-order valence-corrected chi connectivity index (χ3v) is 8.92. The maximum Gasteiger partial charge on any atom is 0.250 e. The number of likely N-dealkylation sites (N-methyl/N-ethyl adjacent to an activating group) is 1. The first kappa shape index (κ1) is 31.4. The molecule has 0 spiro atoms. The molecular formula is C33H43N5O3S. The van der Waals surface area contributed by atoms with Crippen molar-refractivity contribution in [1.29, 1.82) is 0 Å². The fourth-order valence-corrected chi connectivity index (χ4v) is 6.38. The molecule has 1 fully saturated rings. The summed E-state index contributed by atoms with van der Waals surface area (Å²) in [6, 6.07) is 11.8. The van der Waals surface area contributed by atoms with E-state index in [0.717, 1.165) is 97.8 Å². The van der Waals surface area contributed by atoms with Gasteiger partial charge in [-0.15, -0.1) is 0 Å². The molecule has 2 aliphatic rings. The number of carbonyl (C=O) groups is 2. The van der Waals surface area contributed by atoms with Gasteiger partial charge in [0.25, 0.3) is 0 Å². The molecule has 0 atom stereocenters. The molecule has 1 amide bonds. The first-order chi connectivity index (χ1) is 20.3. The second kappa shape index (κ2) is 15.1. The number of nitrogens with zero attached hydrogens (tertiary/aromatic N) is 4. The number of fused-ring (bicyclic) bond motifs is 1. The van der Waals surface area contributed by atoms with Gasteiger partial charge in [0, 0.05) is 91.7 Å². The van der Waals surface area contributed by atoms with Crippen molar-refractivity contribution in [2.75, 3.05) is 57.8 Å². The van der Waals surface area contributed by atoms with E-state index in [-0.39, 0.29) is 5.91 Å². The van der Waals surface area contributed by atoms with Gasteiger partial charge in [0.05, 0.1) is 5.69 Å². The Hall–Kier alpha value is -3.56.